The van der Waals surface area contributed by atoms with Crippen molar-refractivity contribution in [2.75, 3.05) is 51.0 Å². The van der Waals surface area contributed by atoms with E-state index in [9.17, 15) is 19.8 Å². The fourth-order valence-corrected chi connectivity index (χ4v) is 6.87. The van der Waals surface area contributed by atoms with Gasteiger partial charge in [-0.05, 0) is 155 Å². The molecule has 12 heteroatoms. The highest BCUT2D eigenvalue weighted by Crippen LogP contribution is 2.25. The number of rotatable bonds is 23. The number of methoxy groups -OCH3 is 2. The predicted molar refractivity (Wildman–Crippen MR) is 238 cm³/mol. The molecule has 0 bridgehead atoms. The van der Waals surface area contributed by atoms with Crippen LogP contribution in [0.2, 0.25) is 0 Å². The number of unbranched alkanes of at least 4 members (excludes halogenated alkanes) is 4. The van der Waals surface area contributed by atoms with E-state index in [1.165, 1.54) is 11.1 Å². The Kier molecular flexibility index (Phi) is 18.0. The molecular weight excluding hydrogens is 745 g/mol. The van der Waals surface area contributed by atoms with Gasteiger partial charge in [0.2, 0.25) is 11.8 Å². The summed E-state index contributed by atoms with van der Waals surface area (Å²) in [4.78, 5) is 30.5. The van der Waals surface area contributed by atoms with Crippen LogP contribution < -0.4 is 30.7 Å². The van der Waals surface area contributed by atoms with E-state index in [0.717, 1.165) is 129 Å². The number of amides is 2. The van der Waals surface area contributed by atoms with Crippen molar-refractivity contribution < 1.29 is 29.3 Å². The topological polar surface area (TPSA) is 173 Å². The van der Waals surface area contributed by atoms with E-state index < -0.39 is 0 Å². The van der Waals surface area contributed by atoms with Gasteiger partial charge in [-0.25, -0.2) is 0 Å². The number of nitrogens with one attached hydrogen (secondary N) is 6. The van der Waals surface area contributed by atoms with Gasteiger partial charge in [-0.15, -0.1) is 0 Å². The monoisotopic (exact) mass is 804 g/mol. The summed E-state index contributed by atoms with van der Waals surface area (Å²) in [7, 11) is 3.24. The molecule has 2 amide bonds. The number of phenols is 2. The lowest BCUT2D eigenvalue weighted by Crippen LogP contribution is -2.18. The summed E-state index contributed by atoms with van der Waals surface area (Å²) < 4.78 is 10.3. The maximum atomic E-state index is 12.0. The molecule has 2 heterocycles. The maximum Gasteiger partial charge on any atom is 0.224 e. The number of carbonyl (C=O) groups is 2. The highest BCUT2D eigenvalue weighted by atomic mass is 16.5. The van der Waals surface area contributed by atoms with Crippen LogP contribution in [0, 0.1) is 0 Å². The Morgan fingerprint density at radius 3 is 1.68 bits per heavy atom. The Balaban J connectivity index is 0.000000224. The number of aromatic nitrogens is 2. The number of aromatic hydroxyl groups is 2. The van der Waals surface area contributed by atoms with Crippen LogP contribution in [-0.4, -0.2) is 72.4 Å². The molecule has 314 valence electrons. The Labute approximate surface area is 347 Å². The number of anilines is 2. The zero-order chi connectivity index (χ0) is 41.7. The number of hydrogen-bond donors (Lipinski definition) is 8. The van der Waals surface area contributed by atoms with Crippen molar-refractivity contribution in [1.29, 1.82) is 0 Å². The summed E-state index contributed by atoms with van der Waals surface area (Å²) >= 11 is 0. The molecule has 4 aromatic carbocycles. The van der Waals surface area contributed by atoms with Crippen molar-refractivity contribution in [3.8, 4) is 23.0 Å². The summed E-state index contributed by atoms with van der Waals surface area (Å²) in [5.74, 6) is 2.20. The minimum Gasteiger partial charge on any atom is -0.508 e. The number of carbonyl (C=O) groups excluding carboxylic acids is 2. The van der Waals surface area contributed by atoms with Crippen molar-refractivity contribution in [3.63, 3.8) is 0 Å². The molecule has 0 saturated carbocycles. The van der Waals surface area contributed by atoms with E-state index in [4.69, 9.17) is 9.47 Å². The Morgan fingerprint density at radius 2 is 1.08 bits per heavy atom. The number of hydrogen-bond acceptors (Lipinski definition) is 8. The van der Waals surface area contributed by atoms with E-state index >= 15 is 0 Å². The van der Waals surface area contributed by atoms with Gasteiger partial charge in [0.15, 0.2) is 0 Å². The van der Waals surface area contributed by atoms with Gasteiger partial charge in [0.25, 0.3) is 0 Å². The lowest BCUT2D eigenvalue weighted by atomic mass is 10.1. The van der Waals surface area contributed by atoms with Crippen molar-refractivity contribution in [1.82, 2.24) is 20.6 Å². The fourth-order valence-electron chi connectivity index (χ4n) is 6.87. The second-order valence-electron chi connectivity index (χ2n) is 14.6. The van der Waals surface area contributed by atoms with Crippen molar-refractivity contribution in [2.24, 2.45) is 0 Å². The first-order valence-electron chi connectivity index (χ1n) is 20.7. The van der Waals surface area contributed by atoms with Gasteiger partial charge in [-0.3, -0.25) is 9.59 Å². The molecule has 0 saturated heterocycles. The molecule has 0 aliphatic rings. The van der Waals surface area contributed by atoms with Gasteiger partial charge >= 0.3 is 0 Å². The summed E-state index contributed by atoms with van der Waals surface area (Å²) in [6, 6.07) is 25.6. The van der Waals surface area contributed by atoms with Gasteiger partial charge in [0, 0.05) is 64.5 Å². The van der Waals surface area contributed by atoms with Crippen LogP contribution in [0.1, 0.15) is 68.9 Å². The lowest BCUT2D eigenvalue weighted by molar-refractivity contribution is -0.117. The largest absolute Gasteiger partial charge is 0.508 e. The number of ether oxygens (including phenoxy) is 2. The maximum absolute atomic E-state index is 12.0. The van der Waals surface area contributed by atoms with Crippen LogP contribution in [0.25, 0.3) is 21.8 Å². The molecule has 6 rings (SSSR count). The van der Waals surface area contributed by atoms with Gasteiger partial charge in [-0.2, -0.15) is 0 Å². The molecule has 59 heavy (non-hydrogen) atoms. The highest BCUT2D eigenvalue weighted by molar-refractivity contribution is 5.91. The average Bonchev–Trinajstić information content (AvgIpc) is 3.84. The Hall–Kier alpha value is -5.98. The van der Waals surface area contributed by atoms with Crippen LogP contribution >= 0.6 is 0 Å². The first-order valence-corrected chi connectivity index (χ1v) is 20.7. The number of aromatic amines is 2. The minimum atomic E-state index is 0.0359. The zero-order valence-corrected chi connectivity index (χ0v) is 34.4. The number of phenolic OH excluding ortho intramolecular Hbond substituents is 2. The molecule has 0 fully saturated rings. The first-order chi connectivity index (χ1) is 28.8. The van der Waals surface area contributed by atoms with Crippen molar-refractivity contribution >= 4 is 45.0 Å². The smallest absolute Gasteiger partial charge is 0.224 e. The SMILES string of the molecule is COc1ccc(NC(=O)CCCCCNCCCc2c[nH]c3ccc(O)cc23)cc1.COc1cccc(NC(=O)CCCCCNCCc2c[nH]c3ccc(O)cc23)c1. The summed E-state index contributed by atoms with van der Waals surface area (Å²) in [5.41, 5.74) is 6.12. The summed E-state index contributed by atoms with van der Waals surface area (Å²) in [5, 5.41) is 34.2. The third-order valence-electron chi connectivity index (χ3n) is 10.1. The molecular formula is C47H60N6O6. The predicted octanol–water partition coefficient (Wildman–Crippen LogP) is 8.82. The molecule has 0 unspecified atom stereocenters. The second kappa shape index (κ2) is 24.1. The van der Waals surface area contributed by atoms with E-state index in [1.807, 2.05) is 79.1 Å². The van der Waals surface area contributed by atoms with Crippen LogP contribution in [0.4, 0.5) is 11.4 Å². The molecule has 2 aromatic heterocycles. The van der Waals surface area contributed by atoms with E-state index in [-0.39, 0.29) is 11.8 Å². The van der Waals surface area contributed by atoms with Gasteiger partial charge < -0.3 is 50.9 Å². The number of H-pyrrole nitrogens is 2. The Bertz CT molecular complexity index is 2180. The van der Waals surface area contributed by atoms with Gasteiger partial charge in [0.1, 0.15) is 23.0 Å². The fraction of sp³-hybridized carbons (Fsp3) is 0.362. The standard InChI is InChI=1S/C24H31N3O3.C23H29N3O3/c1-30-21-11-8-19(9-12-21)27-24(29)7-3-2-4-14-25-15-5-6-18-17-26-23-13-10-20(28)16-22(18)23;1-29-20-7-5-6-18(14-20)26-23(28)8-3-2-4-12-24-13-11-17-16-25-22-10-9-19(27)15-21(17)22/h8-13,16-17,25-26,28H,2-7,14-15H2,1H3,(H,27,29);5-7,9-10,14-16,24-25,27H,2-4,8,11-13H2,1H3,(H,26,28). The van der Waals surface area contributed by atoms with Crippen molar-refractivity contribution in [3.05, 3.63) is 108 Å². The highest BCUT2D eigenvalue weighted by Gasteiger charge is 2.07. The number of aryl methyl sites for hydroxylation is 1. The van der Waals surface area contributed by atoms with Crippen LogP contribution in [-0.2, 0) is 22.4 Å². The van der Waals surface area contributed by atoms with Gasteiger partial charge in [0.05, 0.1) is 14.2 Å². The molecule has 0 atom stereocenters. The Morgan fingerprint density at radius 1 is 0.542 bits per heavy atom. The zero-order valence-electron chi connectivity index (χ0n) is 34.4. The molecule has 8 N–H and O–H groups in total. The third kappa shape index (κ3) is 15.0. The molecule has 0 spiro atoms. The van der Waals surface area contributed by atoms with Gasteiger partial charge in [-0.1, -0.05) is 18.9 Å². The van der Waals surface area contributed by atoms with Crippen molar-refractivity contribution in [2.45, 2.75) is 70.6 Å². The van der Waals surface area contributed by atoms with Crippen LogP contribution in [0.15, 0.2) is 97.3 Å². The summed E-state index contributed by atoms with van der Waals surface area (Å²) in [6.07, 6.45) is 14.0. The number of fused-ring (bicyclic) bond motifs is 2. The van der Waals surface area contributed by atoms with Crippen LogP contribution in [0.5, 0.6) is 23.0 Å². The molecule has 6 aromatic rings. The molecule has 12 nitrogen and oxygen atoms in total. The molecule has 0 aliphatic carbocycles. The average molecular weight is 805 g/mol. The minimum absolute atomic E-state index is 0.0359. The normalized spacial score (nSPS) is 10.9. The molecule has 0 aliphatic heterocycles. The van der Waals surface area contributed by atoms with Crippen LogP contribution in [0.3, 0.4) is 0 Å². The quantitative estimate of drug-likeness (QED) is 0.0297. The molecule has 0 radical (unpaired) electrons. The number of benzene rings is 4. The van der Waals surface area contributed by atoms with E-state index in [2.05, 4.69) is 31.2 Å². The second-order valence-corrected chi connectivity index (χ2v) is 14.6. The van der Waals surface area contributed by atoms with E-state index in [1.54, 1.807) is 32.4 Å². The first kappa shape index (κ1) is 44.1. The van der Waals surface area contributed by atoms with E-state index in [0.29, 0.717) is 24.3 Å². The lowest BCUT2D eigenvalue weighted by Gasteiger charge is -2.07. The third-order valence-corrected chi connectivity index (χ3v) is 10.1. The summed E-state index contributed by atoms with van der Waals surface area (Å²) in [6.45, 7) is 3.75.